The molecule has 1 aromatic carbocycles. The van der Waals surface area contributed by atoms with Gasteiger partial charge < -0.3 is 9.47 Å². The molecule has 2 nitrogen and oxygen atoms in total. The van der Waals surface area contributed by atoms with Crippen molar-refractivity contribution in [3.8, 4) is 36.2 Å². The Morgan fingerprint density at radius 3 is 1.67 bits per heavy atom. The van der Waals surface area contributed by atoms with E-state index in [1.807, 2.05) is 12.1 Å². The van der Waals surface area contributed by atoms with E-state index in [1.165, 1.54) is 0 Å². The highest BCUT2D eigenvalue weighted by Crippen LogP contribution is 2.25. The van der Waals surface area contributed by atoms with Crippen LogP contribution in [0.15, 0.2) is 24.3 Å². The molecule has 0 N–H and O–H groups in total. The molecule has 0 atom stereocenters. The fraction of sp³-hybridized carbons (Fsp3) is 0.167. The summed E-state index contributed by atoms with van der Waals surface area (Å²) >= 11 is 0. The molecule has 1 rings (SSSR count). The number of benzene rings is 1. The molecule has 0 fully saturated rings. The number of hydrogen-bond acceptors (Lipinski definition) is 2. The van der Waals surface area contributed by atoms with Crippen molar-refractivity contribution in [3.63, 3.8) is 0 Å². The lowest BCUT2D eigenvalue weighted by molar-refractivity contribution is 0.314. The molecule has 0 saturated carbocycles. The Labute approximate surface area is 96.0 Å². The predicted octanol–water partition coefficient (Wildman–Crippen LogP) is 2.13. The van der Waals surface area contributed by atoms with Gasteiger partial charge in [0.25, 0.3) is 0 Å². The van der Waals surface area contributed by atoms with Gasteiger partial charge >= 0.3 is 0 Å². The van der Waals surface area contributed by atoms with Crippen molar-refractivity contribution >= 4 is 12.4 Å². The van der Waals surface area contributed by atoms with Crippen LogP contribution in [0.5, 0.6) is 11.5 Å². The van der Waals surface area contributed by atoms with E-state index in [9.17, 15) is 0 Å². The third kappa shape index (κ3) is 4.31. The first-order valence-corrected chi connectivity index (χ1v) is 4.10. The minimum absolute atomic E-state index is 0. The Morgan fingerprint density at radius 2 is 1.33 bits per heavy atom. The van der Waals surface area contributed by atoms with Crippen molar-refractivity contribution in [1.29, 1.82) is 0 Å². The summed E-state index contributed by atoms with van der Waals surface area (Å²) in [6, 6.07) is 7.25. The number of hydrogen-bond donors (Lipinski definition) is 0. The second-order valence-corrected chi connectivity index (χ2v) is 2.43. The van der Waals surface area contributed by atoms with Gasteiger partial charge in [0.2, 0.25) is 0 Å². The first kappa shape index (κ1) is 13.2. The highest BCUT2D eigenvalue weighted by molar-refractivity contribution is 5.85. The van der Waals surface area contributed by atoms with E-state index >= 15 is 0 Å². The van der Waals surface area contributed by atoms with E-state index in [2.05, 4.69) is 11.8 Å². The zero-order chi connectivity index (χ0) is 10.2. The van der Waals surface area contributed by atoms with Gasteiger partial charge in [-0.3, -0.25) is 0 Å². The lowest BCUT2D eigenvalue weighted by atomic mass is 10.3. The van der Waals surface area contributed by atoms with E-state index in [1.54, 1.807) is 12.1 Å². The van der Waals surface area contributed by atoms with Crippen LogP contribution >= 0.6 is 12.4 Å². The van der Waals surface area contributed by atoms with Crippen LogP contribution in [-0.2, 0) is 0 Å². The first-order valence-electron chi connectivity index (χ1n) is 4.10. The molecule has 1 aromatic rings. The topological polar surface area (TPSA) is 18.5 Å². The molecule has 0 radical (unpaired) electrons. The summed E-state index contributed by atoms with van der Waals surface area (Å²) in [5.41, 5.74) is 0. The van der Waals surface area contributed by atoms with Gasteiger partial charge in [0, 0.05) is 0 Å². The third-order valence-corrected chi connectivity index (χ3v) is 1.47. The summed E-state index contributed by atoms with van der Waals surface area (Å²) in [6.07, 6.45) is 10.2. The van der Waals surface area contributed by atoms with Crippen molar-refractivity contribution < 1.29 is 9.47 Å². The Bertz CT molecular complexity index is 337. The Kier molecular flexibility index (Phi) is 6.72. The van der Waals surface area contributed by atoms with Crippen LogP contribution in [0.2, 0.25) is 0 Å². The van der Waals surface area contributed by atoms with Crippen LogP contribution in [-0.4, -0.2) is 13.2 Å². The SMILES string of the molecule is C#CCOc1ccccc1OCC#C.Cl. The third-order valence-electron chi connectivity index (χ3n) is 1.47. The van der Waals surface area contributed by atoms with E-state index in [-0.39, 0.29) is 25.6 Å². The summed E-state index contributed by atoms with van der Waals surface area (Å²) in [5.74, 6) is 5.99. The van der Waals surface area contributed by atoms with Gasteiger partial charge in [0.15, 0.2) is 11.5 Å². The van der Waals surface area contributed by atoms with Crippen LogP contribution in [0.3, 0.4) is 0 Å². The smallest absolute Gasteiger partial charge is 0.162 e. The number of ether oxygens (including phenoxy) is 2. The van der Waals surface area contributed by atoms with Crippen LogP contribution in [0.1, 0.15) is 0 Å². The molecular formula is C12H11ClO2. The van der Waals surface area contributed by atoms with E-state index in [4.69, 9.17) is 22.3 Å². The van der Waals surface area contributed by atoms with Crippen molar-refractivity contribution in [3.05, 3.63) is 24.3 Å². The molecule has 0 saturated heterocycles. The zero-order valence-electron chi connectivity index (χ0n) is 8.10. The highest BCUT2D eigenvalue weighted by atomic mass is 35.5. The van der Waals surface area contributed by atoms with Crippen LogP contribution < -0.4 is 9.47 Å². The van der Waals surface area contributed by atoms with E-state index < -0.39 is 0 Å². The van der Waals surface area contributed by atoms with Crippen molar-refractivity contribution in [2.45, 2.75) is 0 Å². The normalized spacial score (nSPS) is 7.87. The van der Waals surface area contributed by atoms with Gasteiger partial charge in [-0.25, -0.2) is 0 Å². The molecule has 78 valence electrons. The molecule has 0 aliphatic carbocycles. The Hall–Kier alpha value is -1.77. The van der Waals surface area contributed by atoms with Gasteiger partial charge in [0.1, 0.15) is 13.2 Å². The zero-order valence-corrected chi connectivity index (χ0v) is 8.92. The van der Waals surface area contributed by atoms with Crippen LogP contribution in [0.4, 0.5) is 0 Å². The summed E-state index contributed by atoms with van der Waals surface area (Å²) in [7, 11) is 0. The molecule has 0 bridgehead atoms. The van der Waals surface area contributed by atoms with Gasteiger partial charge in [-0.2, -0.15) is 0 Å². The average molecular weight is 223 g/mol. The standard InChI is InChI=1S/C12H10O2.ClH/c1-3-9-13-11-7-5-6-8-12(11)14-10-4-2;/h1-2,5-8H,9-10H2;1H. The lowest BCUT2D eigenvalue weighted by Gasteiger charge is -2.08. The van der Waals surface area contributed by atoms with Crippen LogP contribution in [0.25, 0.3) is 0 Å². The summed E-state index contributed by atoms with van der Waals surface area (Å²) < 4.78 is 10.5. The van der Waals surface area contributed by atoms with Gasteiger partial charge in [-0.1, -0.05) is 24.0 Å². The quantitative estimate of drug-likeness (QED) is 0.727. The average Bonchev–Trinajstić information content (AvgIpc) is 2.24. The van der Waals surface area contributed by atoms with E-state index in [0.29, 0.717) is 11.5 Å². The molecule has 0 aromatic heterocycles. The molecule has 0 heterocycles. The van der Waals surface area contributed by atoms with Crippen molar-refractivity contribution in [1.82, 2.24) is 0 Å². The number of terminal acetylenes is 2. The van der Waals surface area contributed by atoms with Crippen molar-refractivity contribution in [2.24, 2.45) is 0 Å². The predicted molar refractivity (Wildman–Crippen MR) is 62.3 cm³/mol. The Morgan fingerprint density at radius 1 is 0.933 bits per heavy atom. The largest absolute Gasteiger partial charge is 0.477 e. The molecule has 0 aliphatic heterocycles. The molecule has 0 unspecified atom stereocenters. The van der Waals surface area contributed by atoms with E-state index in [0.717, 1.165) is 0 Å². The first-order chi connectivity index (χ1) is 6.88. The number of rotatable bonds is 4. The van der Waals surface area contributed by atoms with Crippen LogP contribution in [0, 0.1) is 24.7 Å². The summed E-state index contributed by atoms with van der Waals surface area (Å²) in [4.78, 5) is 0. The monoisotopic (exact) mass is 222 g/mol. The Balaban J connectivity index is 0.00000196. The lowest BCUT2D eigenvalue weighted by Crippen LogP contribution is -1.99. The molecular weight excluding hydrogens is 212 g/mol. The molecule has 3 heteroatoms. The fourth-order valence-corrected chi connectivity index (χ4v) is 0.927. The van der Waals surface area contributed by atoms with Gasteiger partial charge in [-0.15, -0.1) is 25.3 Å². The maximum atomic E-state index is 5.25. The highest BCUT2D eigenvalue weighted by Gasteiger charge is 2.01. The van der Waals surface area contributed by atoms with Gasteiger partial charge in [0.05, 0.1) is 0 Å². The van der Waals surface area contributed by atoms with Crippen molar-refractivity contribution in [2.75, 3.05) is 13.2 Å². The fourth-order valence-electron chi connectivity index (χ4n) is 0.927. The molecule has 0 spiro atoms. The minimum atomic E-state index is 0. The number of halogens is 1. The summed E-state index contributed by atoms with van der Waals surface area (Å²) in [6.45, 7) is 0.437. The second kappa shape index (κ2) is 7.62. The summed E-state index contributed by atoms with van der Waals surface area (Å²) in [5, 5.41) is 0. The second-order valence-electron chi connectivity index (χ2n) is 2.43. The van der Waals surface area contributed by atoms with Gasteiger partial charge in [-0.05, 0) is 12.1 Å². The number of para-hydroxylation sites is 2. The molecule has 15 heavy (non-hydrogen) atoms. The maximum Gasteiger partial charge on any atom is 0.162 e. The maximum absolute atomic E-state index is 5.25. The molecule has 0 aliphatic rings. The molecule has 0 amide bonds. The minimum Gasteiger partial charge on any atom is -0.477 e.